The van der Waals surface area contributed by atoms with E-state index in [9.17, 15) is 4.79 Å². The first-order valence-electron chi connectivity index (χ1n) is 8.55. The van der Waals surface area contributed by atoms with Gasteiger partial charge in [0, 0.05) is 25.6 Å². The number of rotatable bonds is 3. The summed E-state index contributed by atoms with van der Waals surface area (Å²) in [5, 5.41) is 3.35. The van der Waals surface area contributed by atoms with E-state index < -0.39 is 0 Å². The number of hydrogen-bond acceptors (Lipinski definition) is 3. The van der Waals surface area contributed by atoms with Crippen molar-refractivity contribution >= 4 is 18.3 Å². The van der Waals surface area contributed by atoms with Crippen molar-refractivity contribution in [2.45, 2.75) is 38.5 Å². The average Bonchev–Trinajstić information content (AvgIpc) is 2.97. The third kappa shape index (κ3) is 4.57. The molecule has 0 aromatic rings. The largest absolute Gasteiger partial charge is 0.342 e. The van der Waals surface area contributed by atoms with Gasteiger partial charge in [0.15, 0.2) is 0 Å². The van der Waals surface area contributed by atoms with E-state index in [1.165, 1.54) is 45.3 Å². The Morgan fingerprint density at radius 3 is 2.43 bits per heavy atom. The minimum atomic E-state index is 0. The molecule has 5 heteroatoms. The fraction of sp³-hybridized carbons (Fsp3) is 0.938. The molecule has 1 unspecified atom stereocenters. The van der Waals surface area contributed by atoms with Crippen LogP contribution in [0.3, 0.4) is 0 Å². The van der Waals surface area contributed by atoms with Gasteiger partial charge in [0.05, 0.1) is 0 Å². The second-order valence-electron chi connectivity index (χ2n) is 6.82. The first-order chi connectivity index (χ1) is 9.83. The Kier molecular flexibility index (Phi) is 6.77. The molecule has 3 aliphatic heterocycles. The number of piperidine rings is 2. The van der Waals surface area contributed by atoms with Crippen molar-refractivity contribution in [3.05, 3.63) is 0 Å². The highest BCUT2D eigenvalue weighted by molar-refractivity contribution is 5.85. The molecule has 0 aromatic carbocycles. The molecule has 0 spiro atoms. The van der Waals surface area contributed by atoms with Crippen molar-refractivity contribution < 1.29 is 4.79 Å². The number of carbonyl (C=O) groups is 1. The third-order valence-corrected chi connectivity index (χ3v) is 5.25. The standard InChI is InChI=1S/C16H29N3O.ClH/c20-16(15-4-7-17-8-5-15)19-11-6-14(13-19)12-18-9-2-1-3-10-18;/h14-15,17H,1-13H2;1H. The molecule has 3 aliphatic rings. The van der Waals surface area contributed by atoms with E-state index in [4.69, 9.17) is 0 Å². The molecule has 0 bridgehead atoms. The molecule has 21 heavy (non-hydrogen) atoms. The van der Waals surface area contributed by atoms with Crippen molar-refractivity contribution in [2.24, 2.45) is 11.8 Å². The van der Waals surface area contributed by atoms with Crippen LogP contribution in [-0.4, -0.2) is 61.5 Å². The summed E-state index contributed by atoms with van der Waals surface area (Å²) in [6, 6.07) is 0. The van der Waals surface area contributed by atoms with Crippen molar-refractivity contribution in [3.8, 4) is 0 Å². The fourth-order valence-corrected chi connectivity index (χ4v) is 4.02. The van der Waals surface area contributed by atoms with Crippen LogP contribution in [0.1, 0.15) is 38.5 Å². The lowest BCUT2D eigenvalue weighted by molar-refractivity contribution is -0.135. The molecule has 1 atom stereocenters. The lowest BCUT2D eigenvalue weighted by Crippen LogP contribution is -2.41. The van der Waals surface area contributed by atoms with Gasteiger partial charge in [-0.05, 0) is 64.2 Å². The van der Waals surface area contributed by atoms with Gasteiger partial charge in [-0.3, -0.25) is 4.79 Å². The molecule has 4 nitrogen and oxygen atoms in total. The zero-order valence-electron chi connectivity index (χ0n) is 13.1. The van der Waals surface area contributed by atoms with Gasteiger partial charge >= 0.3 is 0 Å². The van der Waals surface area contributed by atoms with Crippen LogP contribution in [0.5, 0.6) is 0 Å². The number of halogens is 1. The van der Waals surface area contributed by atoms with E-state index in [0.717, 1.165) is 44.9 Å². The summed E-state index contributed by atoms with van der Waals surface area (Å²) in [5.74, 6) is 1.45. The van der Waals surface area contributed by atoms with Gasteiger partial charge in [-0.15, -0.1) is 12.4 Å². The normalized spacial score (nSPS) is 28.4. The third-order valence-electron chi connectivity index (χ3n) is 5.25. The van der Waals surface area contributed by atoms with Gasteiger partial charge in [0.1, 0.15) is 0 Å². The molecule has 0 radical (unpaired) electrons. The molecular formula is C16H30ClN3O. The molecule has 3 saturated heterocycles. The number of hydrogen-bond donors (Lipinski definition) is 1. The number of likely N-dealkylation sites (tertiary alicyclic amines) is 2. The van der Waals surface area contributed by atoms with E-state index in [0.29, 0.717) is 11.8 Å². The van der Waals surface area contributed by atoms with Gasteiger partial charge in [0.2, 0.25) is 5.91 Å². The Balaban J connectivity index is 0.00000161. The van der Waals surface area contributed by atoms with E-state index >= 15 is 0 Å². The van der Waals surface area contributed by atoms with Crippen LogP contribution in [0.15, 0.2) is 0 Å². The van der Waals surface area contributed by atoms with Gasteiger partial charge in [-0.1, -0.05) is 6.42 Å². The van der Waals surface area contributed by atoms with Crippen LogP contribution in [0, 0.1) is 11.8 Å². The summed E-state index contributed by atoms with van der Waals surface area (Å²) in [5.41, 5.74) is 0. The van der Waals surface area contributed by atoms with Crippen LogP contribution in [0.2, 0.25) is 0 Å². The molecule has 3 fully saturated rings. The summed E-state index contributed by atoms with van der Waals surface area (Å²) in [7, 11) is 0. The maximum atomic E-state index is 12.5. The van der Waals surface area contributed by atoms with Crippen LogP contribution in [0.25, 0.3) is 0 Å². The van der Waals surface area contributed by atoms with E-state index in [-0.39, 0.29) is 12.4 Å². The second-order valence-corrected chi connectivity index (χ2v) is 6.82. The zero-order chi connectivity index (χ0) is 13.8. The van der Waals surface area contributed by atoms with Crippen LogP contribution in [-0.2, 0) is 4.79 Å². The fourth-order valence-electron chi connectivity index (χ4n) is 4.02. The number of amides is 1. The molecule has 122 valence electrons. The number of carbonyl (C=O) groups excluding carboxylic acids is 1. The van der Waals surface area contributed by atoms with Gasteiger partial charge in [-0.2, -0.15) is 0 Å². The highest BCUT2D eigenvalue weighted by atomic mass is 35.5. The minimum absolute atomic E-state index is 0. The van der Waals surface area contributed by atoms with Crippen LogP contribution < -0.4 is 5.32 Å². The first kappa shape index (κ1) is 17.0. The Hall–Kier alpha value is -0.320. The first-order valence-corrected chi connectivity index (χ1v) is 8.55. The van der Waals surface area contributed by atoms with Crippen molar-refractivity contribution in [1.29, 1.82) is 0 Å². The molecule has 3 heterocycles. The zero-order valence-corrected chi connectivity index (χ0v) is 13.9. The summed E-state index contributed by atoms with van der Waals surface area (Å²) in [6.45, 7) is 7.82. The van der Waals surface area contributed by atoms with Crippen molar-refractivity contribution in [3.63, 3.8) is 0 Å². The predicted octanol–water partition coefficient (Wildman–Crippen LogP) is 1.74. The van der Waals surface area contributed by atoms with Gasteiger partial charge < -0.3 is 15.1 Å². The van der Waals surface area contributed by atoms with Crippen LogP contribution in [0.4, 0.5) is 0 Å². The maximum Gasteiger partial charge on any atom is 0.225 e. The van der Waals surface area contributed by atoms with Crippen LogP contribution >= 0.6 is 12.4 Å². The summed E-state index contributed by atoms with van der Waals surface area (Å²) >= 11 is 0. The smallest absolute Gasteiger partial charge is 0.225 e. The molecule has 1 amide bonds. The Bertz CT molecular complexity index is 327. The lowest BCUT2D eigenvalue weighted by atomic mass is 9.96. The average molecular weight is 316 g/mol. The van der Waals surface area contributed by atoms with Gasteiger partial charge in [0.25, 0.3) is 0 Å². The molecule has 0 aromatic heterocycles. The quantitative estimate of drug-likeness (QED) is 0.862. The Labute approximate surface area is 135 Å². The SMILES string of the molecule is Cl.O=C(C1CCNCC1)N1CCC(CN2CCCCC2)C1. The molecule has 0 saturated carbocycles. The maximum absolute atomic E-state index is 12.5. The monoisotopic (exact) mass is 315 g/mol. The Morgan fingerprint density at radius 2 is 1.71 bits per heavy atom. The lowest BCUT2D eigenvalue weighted by Gasteiger charge is -2.29. The minimum Gasteiger partial charge on any atom is -0.342 e. The van der Waals surface area contributed by atoms with E-state index in [1.807, 2.05) is 0 Å². The molecule has 1 N–H and O–H groups in total. The highest BCUT2D eigenvalue weighted by Crippen LogP contribution is 2.23. The summed E-state index contributed by atoms with van der Waals surface area (Å²) in [4.78, 5) is 17.3. The molecular weight excluding hydrogens is 286 g/mol. The van der Waals surface area contributed by atoms with E-state index in [1.54, 1.807) is 0 Å². The van der Waals surface area contributed by atoms with E-state index in [2.05, 4.69) is 15.1 Å². The highest BCUT2D eigenvalue weighted by Gasteiger charge is 2.32. The predicted molar refractivity (Wildman–Crippen MR) is 87.8 cm³/mol. The topological polar surface area (TPSA) is 35.6 Å². The summed E-state index contributed by atoms with van der Waals surface area (Å²) < 4.78 is 0. The molecule has 3 rings (SSSR count). The van der Waals surface area contributed by atoms with Gasteiger partial charge in [-0.25, -0.2) is 0 Å². The Morgan fingerprint density at radius 1 is 1.00 bits per heavy atom. The van der Waals surface area contributed by atoms with Crippen molar-refractivity contribution in [2.75, 3.05) is 45.8 Å². The molecule has 0 aliphatic carbocycles. The second kappa shape index (κ2) is 8.35. The number of nitrogens with one attached hydrogen (secondary N) is 1. The van der Waals surface area contributed by atoms with Crippen molar-refractivity contribution in [1.82, 2.24) is 15.1 Å². The number of nitrogens with zero attached hydrogens (tertiary/aromatic N) is 2. The summed E-state index contributed by atoms with van der Waals surface area (Å²) in [6.07, 6.45) is 7.42.